The Hall–Kier alpha value is -4.33. The molecule has 2 heterocycles. The second kappa shape index (κ2) is 8.66. The Bertz CT molecular complexity index is 1320. The smallest absolute Gasteiger partial charge is 0.269 e. The molecular formula is C25H21N5O3. The van der Waals surface area contributed by atoms with E-state index in [0.29, 0.717) is 43.0 Å². The van der Waals surface area contributed by atoms with Crippen molar-refractivity contribution in [3.63, 3.8) is 0 Å². The average Bonchev–Trinajstić information content (AvgIpc) is 2.88. The summed E-state index contributed by atoms with van der Waals surface area (Å²) in [7, 11) is 0. The highest BCUT2D eigenvalue weighted by atomic mass is 16.6. The fraction of sp³-hybridized carbons (Fsp3) is 0.160. The molecule has 0 bridgehead atoms. The van der Waals surface area contributed by atoms with E-state index in [1.807, 2.05) is 59.5 Å². The summed E-state index contributed by atoms with van der Waals surface area (Å²) in [5.41, 5.74) is 3.66. The summed E-state index contributed by atoms with van der Waals surface area (Å²) in [4.78, 5) is 28.2. The number of nitro benzene ring substituents is 1. The Balaban J connectivity index is 1.42. The van der Waals surface area contributed by atoms with Crippen LogP contribution in [0.3, 0.4) is 0 Å². The number of piperazine rings is 1. The molecular weight excluding hydrogens is 418 g/mol. The van der Waals surface area contributed by atoms with Gasteiger partial charge >= 0.3 is 0 Å². The lowest BCUT2D eigenvalue weighted by atomic mass is 10.0. The number of carbonyl (C=O) groups is 1. The molecule has 1 aliphatic rings. The van der Waals surface area contributed by atoms with Crippen molar-refractivity contribution in [1.82, 2.24) is 15.1 Å². The SMILES string of the molecule is O=C(c1c(-c2ccccc2)nnc2ccccc12)N1CCN(c2ccc([N+](=O)[O-])cc2)CC1. The summed E-state index contributed by atoms with van der Waals surface area (Å²) in [5, 5.41) is 20.4. The highest BCUT2D eigenvalue weighted by molar-refractivity contribution is 6.10. The first-order valence-corrected chi connectivity index (χ1v) is 10.7. The number of hydrogen-bond acceptors (Lipinski definition) is 6. The number of anilines is 1. The summed E-state index contributed by atoms with van der Waals surface area (Å²) in [5.74, 6) is -0.0664. The minimum Gasteiger partial charge on any atom is -0.368 e. The number of carbonyl (C=O) groups excluding carboxylic acids is 1. The molecule has 3 aromatic carbocycles. The van der Waals surface area contributed by atoms with Crippen molar-refractivity contribution in [3.8, 4) is 11.3 Å². The van der Waals surface area contributed by atoms with Crippen molar-refractivity contribution in [2.24, 2.45) is 0 Å². The van der Waals surface area contributed by atoms with E-state index in [1.54, 1.807) is 12.1 Å². The third kappa shape index (κ3) is 3.98. The van der Waals surface area contributed by atoms with Gasteiger partial charge in [0.05, 0.1) is 16.0 Å². The van der Waals surface area contributed by atoms with E-state index in [4.69, 9.17) is 0 Å². The third-order valence-electron chi connectivity index (χ3n) is 5.92. The molecule has 1 aromatic heterocycles. The molecule has 1 saturated heterocycles. The predicted octanol–water partition coefficient (Wildman–Crippen LogP) is 4.17. The molecule has 8 nitrogen and oxygen atoms in total. The molecule has 1 aliphatic heterocycles. The van der Waals surface area contributed by atoms with E-state index in [1.165, 1.54) is 12.1 Å². The molecule has 0 saturated carbocycles. The van der Waals surface area contributed by atoms with Crippen LogP contribution in [0.5, 0.6) is 0 Å². The van der Waals surface area contributed by atoms with Gasteiger partial charge in [0.15, 0.2) is 0 Å². The number of rotatable bonds is 4. The van der Waals surface area contributed by atoms with Gasteiger partial charge in [-0.15, -0.1) is 10.2 Å². The molecule has 0 atom stereocenters. The maximum atomic E-state index is 13.7. The van der Waals surface area contributed by atoms with Crippen LogP contribution in [0.15, 0.2) is 78.9 Å². The van der Waals surface area contributed by atoms with Gasteiger partial charge < -0.3 is 9.80 Å². The fourth-order valence-corrected chi connectivity index (χ4v) is 4.18. The first-order chi connectivity index (χ1) is 16.1. The van der Waals surface area contributed by atoms with Crippen LogP contribution in [0.2, 0.25) is 0 Å². The normalized spacial score (nSPS) is 13.8. The minimum absolute atomic E-state index is 0.0664. The summed E-state index contributed by atoms with van der Waals surface area (Å²) in [6, 6.07) is 23.7. The Morgan fingerprint density at radius 1 is 0.818 bits per heavy atom. The van der Waals surface area contributed by atoms with Gasteiger partial charge in [-0.2, -0.15) is 0 Å². The molecule has 33 heavy (non-hydrogen) atoms. The molecule has 1 fully saturated rings. The van der Waals surface area contributed by atoms with Crippen LogP contribution in [-0.2, 0) is 0 Å². The van der Waals surface area contributed by atoms with E-state index < -0.39 is 4.92 Å². The standard InChI is InChI=1S/C25H21N5O3/c31-25(29-16-14-28(15-17-29)19-10-12-20(13-11-19)30(32)33)23-21-8-4-5-9-22(21)26-27-24(23)18-6-2-1-3-7-18/h1-13H,14-17H2. The highest BCUT2D eigenvalue weighted by Crippen LogP contribution is 2.29. The van der Waals surface area contributed by atoms with Gasteiger partial charge in [-0.25, -0.2) is 0 Å². The molecule has 0 N–H and O–H groups in total. The molecule has 164 valence electrons. The zero-order valence-electron chi connectivity index (χ0n) is 17.8. The van der Waals surface area contributed by atoms with Crippen LogP contribution in [-0.4, -0.2) is 52.1 Å². The predicted molar refractivity (Wildman–Crippen MR) is 126 cm³/mol. The fourth-order valence-electron chi connectivity index (χ4n) is 4.18. The Morgan fingerprint density at radius 3 is 2.18 bits per heavy atom. The molecule has 0 radical (unpaired) electrons. The van der Waals surface area contributed by atoms with Crippen LogP contribution in [0, 0.1) is 10.1 Å². The maximum absolute atomic E-state index is 13.7. The lowest BCUT2D eigenvalue weighted by Gasteiger charge is -2.36. The van der Waals surface area contributed by atoms with E-state index in [2.05, 4.69) is 15.1 Å². The highest BCUT2D eigenvalue weighted by Gasteiger charge is 2.27. The Morgan fingerprint density at radius 2 is 1.48 bits per heavy atom. The number of amides is 1. The maximum Gasteiger partial charge on any atom is 0.269 e. The van der Waals surface area contributed by atoms with E-state index in [0.717, 1.165) is 16.6 Å². The van der Waals surface area contributed by atoms with Crippen LogP contribution in [0.25, 0.3) is 22.2 Å². The average molecular weight is 439 g/mol. The van der Waals surface area contributed by atoms with Gasteiger partial charge in [-0.3, -0.25) is 14.9 Å². The monoisotopic (exact) mass is 439 g/mol. The van der Waals surface area contributed by atoms with Crippen LogP contribution < -0.4 is 4.90 Å². The first-order valence-electron chi connectivity index (χ1n) is 10.7. The summed E-state index contributed by atoms with van der Waals surface area (Å²) in [6.45, 7) is 2.36. The molecule has 0 spiro atoms. The topological polar surface area (TPSA) is 92.5 Å². The third-order valence-corrected chi connectivity index (χ3v) is 5.92. The van der Waals surface area contributed by atoms with Gasteiger partial charge in [0.25, 0.3) is 11.6 Å². The van der Waals surface area contributed by atoms with E-state index in [-0.39, 0.29) is 11.6 Å². The molecule has 5 rings (SSSR count). The largest absolute Gasteiger partial charge is 0.368 e. The van der Waals surface area contributed by atoms with Gasteiger partial charge in [0, 0.05) is 54.9 Å². The molecule has 8 heteroatoms. The van der Waals surface area contributed by atoms with Crippen molar-refractivity contribution in [2.75, 3.05) is 31.1 Å². The quantitative estimate of drug-likeness (QED) is 0.350. The zero-order chi connectivity index (χ0) is 22.8. The molecule has 0 aliphatic carbocycles. The number of hydrogen-bond donors (Lipinski definition) is 0. The van der Waals surface area contributed by atoms with Gasteiger partial charge in [0.1, 0.15) is 5.69 Å². The molecule has 0 unspecified atom stereocenters. The van der Waals surface area contributed by atoms with Crippen molar-refractivity contribution in [1.29, 1.82) is 0 Å². The number of benzene rings is 3. The number of non-ortho nitro benzene ring substituents is 1. The van der Waals surface area contributed by atoms with Gasteiger partial charge in [-0.05, 0) is 18.2 Å². The van der Waals surface area contributed by atoms with E-state index in [9.17, 15) is 14.9 Å². The van der Waals surface area contributed by atoms with Crippen molar-refractivity contribution in [3.05, 3.63) is 94.5 Å². The van der Waals surface area contributed by atoms with Crippen molar-refractivity contribution in [2.45, 2.75) is 0 Å². The summed E-state index contributed by atoms with van der Waals surface area (Å²) < 4.78 is 0. The number of aromatic nitrogens is 2. The van der Waals surface area contributed by atoms with Crippen LogP contribution >= 0.6 is 0 Å². The second-order valence-electron chi connectivity index (χ2n) is 7.86. The van der Waals surface area contributed by atoms with Crippen molar-refractivity contribution < 1.29 is 9.72 Å². The summed E-state index contributed by atoms with van der Waals surface area (Å²) >= 11 is 0. The lowest BCUT2D eigenvalue weighted by molar-refractivity contribution is -0.384. The lowest BCUT2D eigenvalue weighted by Crippen LogP contribution is -2.49. The van der Waals surface area contributed by atoms with Crippen molar-refractivity contribution >= 4 is 28.2 Å². The Kier molecular flexibility index (Phi) is 5.40. The summed E-state index contributed by atoms with van der Waals surface area (Å²) in [6.07, 6.45) is 0. The molecule has 4 aromatic rings. The zero-order valence-corrected chi connectivity index (χ0v) is 17.8. The minimum atomic E-state index is -0.405. The van der Waals surface area contributed by atoms with Gasteiger partial charge in [0.2, 0.25) is 0 Å². The van der Waals surface area contributed by atoms with E-state index >= 15 is 0 Å². The van der Waals surface area contributed by atoms with Crippen LogP contribution in [0.4, 0.5) is 11.4 Å². The number of nitrogens with zero attached hydrogens (tertiary/aromatic N) is 5. The Labute approximate surface area is 190 Å². The second-order valence-corrected chi connectivity index (χ2v) is 7.86. The number of fused-ring (bicyclic) bond motifs is 1. The number of nitro groups is 1. The van der Waals surface area contributed by atoms with Gasteiger partial charge in [-0.1, -0.05) is 48.5 Å². The first kappa shape index (κ1) is 20.6. The van der Waals surface area contributed by atoms with Crippen LogP contribution in [0.1, 0.15) is 10.4 Å². The molecule has 1 amide bonds.